The summed E-state index contributed by atoms with van der Waals surface area (Å²) in [6.45, 7) is 0. The predicted molar refractivity (Wildman–Crippen MR) is 85.8 cm³/mol. The van der Waals surface area contributed by atoms with E-state index in [4.69, 9.17) is 4.74 Å². The van der Waals surface area contributed by atoms with Crippen molar-refractivity contribution >= 4 is 11.0 Å². The van der Waals surface area contributed by atoms with Gasteiger partial charge in [0.2, 0.25) is 0 Å². The van der Waals surface area contributed by atoms with Crippen molar-refractivity contribution in [3.63, 3.8) is 0 Å². The molecule has 0 saturated heterocycles. The second-order valence-corrected chi connectivity index (χ2v) is 5.03. The number of pyridine rings is 2. The minimum absolute atomic E-state index is 0.184. The summed E-state index contributed by atoms with van der Waals surface area (Å²) in [5.74, 6) is 0.330. The highest BCUT2D eigenvalue weighted by molar-refractivity contribution is 5.88. The lowest BCUT2D eigenvalue weighted by molar-refractivity contribution is 0.446. The lowest BCUT2D eigenvalue weighted by Crippen LogP contribution is -1.89. The van der Waals surface area contributed by atoms with Gasteiger partial charge < -0.3 is 9.72 Å². The van der Waals surface area contributed by atoms with Crippen LogP contribution in [0.15, 0.2) is 67.1 Å². The van der Waals surface area contributed by atoms with Gasteiger partial charge in [0.05, 0.1) is 5.39 Å². The van der Waals surface area contributed by atoms with E-state index < -0.39 is 5.82 Å². The number of aromatic nitrogens is 3. The molecule has 4 nitrogen and oxygen atoms in total. The van der Waals surface area contributed by atoms with E-state index in [2.05, 4.69) is 15.0 Å². The van der Waals surface area contributed by atoms with Crippen molar-refractivity contribution < 1.29 is 9.13 Å². The van der Waals surface area contributed by atoms with Gasteiger partial charge in [-0.1, -0.05) is 12.1 Å². The van der Waals surface area contributed by atoms with E-state index in [1.165, 1.54) is 6.07 Å². The number of hydrogen-bond acceptors (Lipinski definition) is 3. The van der Waals surface area contributed by atoms with Crippen molar-refractivity contribution in [1.82, 2.24) is 15.0 Å². The van der Waals surface area contributed by atoms with Crippen LogP contribution < -0.4 is 4.74 Å². The highest BCUT2D eigenvalue weighted by Gasteiger charge is 2.11. The van der Waals surface area contributed by atoms with Crippen LogP contribution in [0.3, 0.4) is 0 Å². The Bertz CT molecular complexity index is 966. The molecule has 1 N–H and O–H groups in total. The largest absolute Gasteiger partial charge is 0.453 e. The maximum Gasteiger partial charge on any atom is 0.165 e. The number of fused-ring (bicyclic) bond motifs is 1. The molecule has 3 aromatic heterocycles. The van der Waals surface area contributed by atoms with E-state index >= 15 is 0 Å². The molecule has 0 atom stereocenters. The summed E-state index contributed by atoms with van der Waals surface area (Å²) >= 11 is 0. The number of halogens is 1. The van der Waals surface area contributed by atoms with E-state index in [1.54, 1.807) is 42.9 Å². The first kappa shape index (κ1) is 13.5. The number of ether oxygens (including phenoxy) is 1. The van der Waals surface area contributed by atoms with Crippen molar-refractivity contribution in [2.45, 2.75) is 0 Å². The quantitative estimate of drug-likeness (QED) is 0.604. The van der Waals surface area contributed by atoms with E-state index in [-0.39, 0.29) is 5.75 Å². The molecule has 0 bridgehead atoms. The highest BCUT2D eigenvalue weighted by Crippen LogP contribution is 2.32. The third-order valence-electron chi connectivity index (χ3n) is 3.52. The molecule has 1 aromatic carbocycles. The molecule has 23 heavy (non-hydrogen) atoms. The second-order valence-electron chi connectivity index (χ2n) is 5.03. The van der Waals surface area contributed by atoms with Crippen LogP contribution in [0.1, 0.15) is 0 Å². The predicted octanol–water partition coefficient (Wildman–Crippen LogP) is 4.56. The number of para-hydroxylation sites is 1. The average Bonchev–Trinajstić information content (AvgIpc) is 3.03. The molecule has 0 unspecified atom stereocenters. The lowest BCUT2D eigenvalue weighted by Gasteiger charge is -2.07. The molecular formula is C18H12FN3O. The van der Waals surface area contributed by atoms with Gasteiger partial charge in [-0.15, -0.1) is 0 Å². The number of benzene rings is 1. The molecule has 4 rings (SSSR count). The van der Waals surface area contributed by atoms with Gasteiger partial charge >= 0.3 is 0 Å². The SMILES string of the molecule is Fc1ccccc1Oc1ccnc2[nH]c(-c3cccnc3)cc12. The summed E-state index contributed by atoms with van der Waals surface area (Å²) < 4.78 is 19.5. The van der Waals surface area contributed by atoms with Crippen molar-refractivity contribution in [3.05, 3.63) is 72.9 Å². The Kier molecular flexibility index (Phi) is 3.24. The third-order valence-corrected chi connectivity index (χ3v) is 3.52. The molecule has 0 fully saturated rings. The van der Waals surface area contributed by atoms with Gasteiger partial charge in [0, 0.05) is 29.8 Å². The summed E-state index contributed by atoms with van der Waals surface area (Å²) in [4.78, 5) is 11.6. The zero-order valence-electron chi connectivity index (χ0n) is 12.0. The molecule has 0 aliphatic heterocycles. The Hall–Kier alpha value is -3.21. The van der Waals surface area contributed by atoms with E-state index in [0.29, 0.717) is 11.4 Å². The van der Waals surface area contributed by atoms with Crippen LogP contribution in [0, 0.1) is 5.82 Å². The molecule has 3 heterocycles. The number of H-pyrrole nitrogens is 1. The van der Waals surface area contributed by atoms with Crippen molar-refractivity contribution in [2.24, 2.45) is 0 Å². The zero-order valence-corrected chi connectivity index (χ0v) is 12.0. The molecule has 0 amide bonds. The Morgan fingerprint density at radius 2 is 1.87 bits per heavy atom. The van der Waals surface area contributed by atoms with Gasteiger partial charge in [-0.2, -0.15) is 0 Å². The molecule has 0 saturated carbocycles. The fraction of sp³-hybridized carbons (Fsp3) is 0. The first-order valence-corrected chi connectivity index (χ1v) is 7.12. The van der Waals surface area contributed by atoms with Crippen LogP contribution in [0.5, 0.6) is 11.5 Å². The minimum atomic E-state index is -0.402. The van der Waals surface area contributed by atoms with E-state index in [0.717, 1.165) is 16.6 Å². The van der Waals surface area contributed by atoms with E-state index in [1.807, 2.05) is 18.2 Å². The number of aromatic amines is 1. The molecule has 0 aliphatic carbocycles. The molecule has 0 aliphatic rings. The van der Waals surface area contributed by atoms with Gasteiger partial charge in [-0.05, 0) is 36.4 Å². The van der Waals surface area contributed by atoms with Crippen LogP contribution in [0.4, 0.5) is 4.39 Å². The van der Waals surface area contributed by atoms with Crippen LogP contribution in [-0.2, 0) is 0 Å². The average molecular weight is 305 g/mol. The van der Waals surface area contributed by atoms with Crippen LogP contribution in [-0.4, -0.2) is 15.0 Å². The zero-order chi connectivity index (χ0) is 15.6. The summed E-state index contributed by atoms with van der Waals surface area (Å²) in [5.41, 5.74) is 2.50. The third kappa shape index (κ3) is 2.53. The van der Waals surface area contributed by atoms with Crippen molar-refractivity contribution in [1.29, 1.82) is 0 Å². The first-order chi connectivity index (χ1) is 11.3. The highest BCUT2D eigenvalue weighted by atomic mass is 19.1. The number of hydrogen-bond donors (Lipinski definition) is 1. The normalized spacial score (nSPS) is 10.8. The Morgan fingerprint density at radius 1 is 0.957 bits per heavy atom. The molecule has 5 heteroatoms. The molecule has 0 radical (unpaired) electrons. The molecule has 4 aromatic rings. The standard InChI is InChI=1S/C18H12FN3O/c19-14-5-1-2-6-17(14)23-16-7-9-21-18-13(16)10-15(22-18)12-4-3-8-20-11-12/h1-11H,(H,21,22). The number of rotatable bonds is 3. The topological polar surface area (TPSA) is 50.8 Å². The van der Waals surface area contributed by atoms with Crippen LogP contribution in [0.25, 0.3) is 22.3 Å². The summed E-state index contributed by atoms with van der Waals surface area (Å²) in [7, 11) is 0. The fourth-order valence-corrected chi connectivity index (χ4v) is 2.42. The van der Waals surface area contributed by atoms with Gasteiger partial charge in [-0.25, -0.2) is 9.37 Å². The smallest absolute Gasteiger partial charge is 0.165 e. The molecule has 0 spiro atoms. The summed E-state index contributed by atoms with van der Waals surface area (Å²) in [6, 6.07) is 13.8. The summed E-state index contributed by atoms with van der Waals surface area (Å²) in [5, 5.41) is 0.787. The minimum Gasteiger partial charge on any atom is -0.453 e. The van der Waals surface area contributed by atoms with Crippen LogP contribution >= 0.6 is 0 Å². The first-order valence-electron chi connectivity index (χ1n) is 7.12. The molecular weight excluding hydrogens is 293 g/mol. The van der Waals surface area contributed by atoms with Gasteiger partial charge in [-0.3, -0.25) is 4.98 Å². The number of nitrogens with one attached hydrogen (secondary N) is 1. The maximum atomic E-state index is 13.8. The summed E-state index contributed by atoms with van der Waals surface area (Å²) in [6.07, 6.45) is 5.11. The maximum absolute atomic E-state index is 13.8. The Morgan fingerprint density at radius 3 is 2.70 bits per heavy atom. The second kappa shape index (κ2) is 5.53. The Balaban J connectivity index is 1.79. The van der Waals surface area contributed by atoms with Gasteiger partial charge in [0.15, 0.2) is 11.6 Å². The Labute approximate surface area is 131 Å². The molecule has 112 valence electrons. The fourth-order valence-electron chi connectivity index (χ4n) is 2.42. The lowest BCUT2D eigenvalue weighted by atomic mass is 10.2. The number of nitrogens with zero attached hydrogens (tertiary/aromatic N) is 2. The van der Waals surface area contributed by atoms with Gasteiger partial charge in [0.1, 0.15) is 11.4 Å². The monoisotopic (exact) mass is 305 g/mol. The van der Waals surface area contributed by atoms with E-state index in [9.17, 15) is 4.39 Å². The van der Waals surface area contributed by atoms with Crippen LogP contribution in [0.2, 0.25) is 0 Å². The van der Waals surface area contributed by atoms with Gasteiger partial charge in [0.25, 0.3) is 0 Å². The van der Waals surface area contributed by atoms with Crippen molar-refractivity contribution in [2.75, 3.05) is 0 Å². The van der Waals surface area contributed by atoms with Crippen molar-refractivity contribution in [3.8, 4) is 22.8 Å².